The molecule has 0 spiro atoms. The maximum atomic E-state index is 11.2. The van der Waals surface area contributed by atoms with E-state index in [2.05, 4.69) is 0 Å². The molecule has 0 heterocycles. The monoisotopic (exact) mass is 368 g/mol. The molecular weight excluding hydrogens is 347 g/mol. The number of carbonyl (C=O) groups excluding carboxylic acids is 2. The lowest BCUT2D eigenvalue weighted by Crippen LogP contribution is -2.35. The van der Waals surface area contributed by atoms with Gasteiger partial charge in [0.15, 0.2) is 0 Å². The van der Waals surface area contributed by atoms with E-state index in [-0.39, 0.29) is 24.8 Å². The Morgan fingerprint density at radius 2 is 1.20 bits per heavy atom. The molecule has 0 aliphatic heterocycles. The van der Waals surface area contributed by atoms with Crippen LogP contribution in [-0.4, -0.2) is 48.7 Å². The highest BCUT2D eigenvalue weighted by atomic mass is 35.5. The van der Waals surface area contributed by atoms with Gasteiger partial charge >= 0.3 is 11.9 Å². The van der Waals surface area contributed by atoms with E-state index in [1.54, 1.807) is 13.8 Å². The SMILES string of the molecule is CCOC(=O)[C@H](N)CSSC[C@@H](N)C(=O)OCC.Cl.Cl. The second-order valence-electron chi connectivity index (χ2n) is 3.29. The second-order valence-corrected chi connectivity index (χ2v) is 5.84. The summed E-state index contributed by atoms with van der Waals surface area (Å²) in [6.07, 6.45) is 0. The molecule has 0 fully saturated rings. The van der Waals surface area contributed by atoms with Crippen molar-refractivity contribution in [3.63, 3.8) is 0 Å². The van der Waals surface area contributed by atoms with Crippen molar-refractivity contribution in [2.24, 2.45) is 11.5 Å². The van der Waals surface area contributed by atoms with Gasteiger partial charge in [-0.1, -0.05) is 21.6 Å². The van der Waals surface area contributed by atoms with Crippen LogP contribution in [0, 0.1) is 0 Å². The largest absolute Gasteiger partial charge is 0.465 e. The van der Waals surface area contributed by atoms with Gasteiger partial charge in [-0.3, -0.25) is 9.59 Å². The molecule has 4 N–H and O–H groups in total. The Balaban J connectivity index is -0.00000144. The zero-order valence-electron chi connectivity index (χ0n) is 11.4. The summed E-state index contributed by atoms with van der Waals surface area (Å²) < 4.78 is 9.53. The van der Waals surface area contributed by atoms with Crippen molar-refractivity contribution in [1.29, 1.82) is 0 Å². The molecule has 0 aliphatic carbocycles. The molecule has 10 heteroatoms. The Labute approximate surface area is 139 Å². The Morgan fingerprint density at radius 1 is 0.900 bits per heavy atom. The van der Waals surface area contributed by atoms with Gasteiger partial charge in [-0.05, 0) is 13.8 Å². The van der Waals surface area contributed by atoms with Gasteiger partial charge in [0.1, 0.15) is 12.1 Å². The highest BCUT2D eigenvalue weighted by Crippen LogP contribution is 2.22. The molecular formula is C10H22Cl2N2O4S2. The number of hydrogen-bond donors (Lipinski definition) is 2. The van der Waals surface area contributed by atoms with E-state index in [1.165, 1.54) is 21.6 Å². The average molecular weight is 369 g/mol. The van der Waals surface area contributed by atoms with Crippen LogP contribution < -0.4 is 11.5 Å². The first-order valence-corrected chi connectivity index (χ1v) is 8.10. The van der Waals surface area contributed by atoms with E-state index in [9.17, 15) is 9.59 Å². The Morgan fingerprint density at radius 3 is 1.45 bits per heavy atom. The van der Waals surface area contributed by atoms with Gasteiger partial charge in [0, 0.05) is 11.5 Å². The fourth-order valence-corrected chi connectivity index (χ4v) is 3.09. The van der Waals surface area contributed by atoms with Crippen LogP contribution >= 0.6 is 46.4 Å². The van der Waals surface area contributed by atoms with Crippen molar-refractivity contribution in [2.75, 3.05) is 24.7 Å². The first kappa shape index (κ1) is 25.1. The lowest BCUT2D eigenvalue weighted by molar-refractivity contribution is -0.144. The van der Waals surface area contributed by atoms with Gasteiger partial charge < -0.3 is 20.9 Å². The van der Waals surface area contributed by atoms with Crippen molar-refractivity contribution in [2.45, 2.75) is 25.9 Å². The Hall–Kier alpha value is 0.140. The number of esters is 2. The van der Waals surface area contributed by atoms with E-state index >= 15 is 0 Å². The predicted molar refractivity (Wildman–Crippen MR) is 88.6 cm³/mol. The van der Waals surface area contributed by atoms with E-state index < -0.39 is 24.0 Å². The molecule has 0 radical (unpaired) electrons. The van der Waals surface area contributed by atoms with Crippen LogP contribution in [0.25, 0.3) is 0 Å². The fraction of sp³-hybridized carbons (Fsp3) is 0.800. The zero-order valence-corrected chi connectivity index (χ0v) is 14.7. The molecule has 0 aromatic heterocycles. The van der Waals surface area contributed by atoms with Gasteiger partial charge in [0.2, 0.25) is 0 Å². The van der Waals surface area contributed by atoms with E-state index in [0.29, 0.717) is 24.7 Å². The first-order valence-electron chi connectivity index (χ1n) is 5.61. The molecule has 0 saturated carbocycles. The zero-order chi connectivity index (χ0) is 14.0. The maximum absolute atomic E-state index is 11.2. The molecule has 0 unspecified atom stereocenters. The van der Waals surface area contributed by atoms with Crippen molar-refractivity contribution >= 4 is 58.3 Å². The number of rotatable bonds is 9. The smallest absolute Gasteiger partial charge is 0.323 e. The topological polar surface area (TPSA) is 105 Å². The van der Waals surface area contributed by atoms with Gasteiger partial charge in [0.25, 0.3) is 0 Å². The van der Waals surface area contributed by atoms with Crippen LogP contribution in [0.1, 0.15) is 13.8 Å². The minimum atomic E-state index is -0.652. The third-order valence-electron chi connectivity index (χ3n) is 1.76. The van der Waals surface area contributed by atoms with Crippen LogP contribution in [-0.2, 0) is 19.1 Å². The molecule has 2 atom stereocenters. The van der Waals surface area contributed by atoms with Crippen molar-refractivity contribution in [1.82, 2.24) is 0 Å². The summed E-state index contributed by atoms with van der Waals surface area (Å²) in [6.45, 7) is 4.09. The van der Waals surface area contributed by atoms with Crippen LogP contribution in [0.3, 0.4) is 0 Å². The van der Waals surface area contributed by atoms with Gasteiger partial charge in [-0.25, -0.2) is 0 Å². The standard InChI is InChI=1S/C10H20N2O4S2.2ClH/c1-3-15-9(13)7(11)5-17-18-6-8(12)10(14)16-4-2;;/h7-8H,3-6,11-12H2,1-2H3;2*1H/t7-,8-;;/m1../s1. The van der Waals surface area contributed by atoms with Gasteiger partial charge in [-0.2, -0.15) is 0 Å². The molecule has 0 bridgehead atoms. The summed E-state index contributed by atoms with van der Waals surface area (Å²) in [6, 6.07) is -1.30. The van der Waals surface area contributed by atoms with E-state index in [1.807, 2.05) is 0 Å². The van der Waals surface area contributed by atoms with Crippen LogP contribution in [0.4, 0.5) is 0 Å². The summed E-state index contributed by atoms with van der Waals surface area (Å²) >= 11 is 0. The van der Waals surface area contributed by atoms with Gasteiger partial charge in [-0.15, -0.1) is 24.8 Å². The summed E-state index contributed by atoms with van der Waals surface area (Å²) in [5, 5.41) is 0. The lowest BCUT2D eigenvalue weighted by atomic mass is 10.4. The van der Waals surface area contributed by atoms with Crippen LogP contribution in [0.15, 0.2) is 0 Å². The molecule has 0 saturated heterocycles. The molecule has 122 valence electrons. The summed E-state index contributed by atoms with van der Waals surface area (Å²) in [7, 11) is 2.76. The molecule has 0 rings (SSSR count). The van der Waals surface area contributed by atoms with E-state index in [0.717, 1.165) is 0 Å². The summed E-state index contributed by atoms with van der Waals surface area (Å²) in [4.78, 5) is 22.4. The van der Waals surface area contributed by atoms with Gasteiger partial charge in [0.05, 0.1) is 13.2 Å². The fourth-order valence-electron chi connectivity index (χ4n) is 0.878. The second kappa shape index (κ2) is 15.5. The lowest BCUT2D eigenvalue weighted by Gasteiger charge is -2.11. The first-order chi connectivity index (χ1) is 8.52. The number of nitrogens with two attached hydrogens (primary N) is 2. The molecule has 20 heavy (non-hydrogen) atoms. The molecule has 6 nitrogen and oxygen atoms in total. The van der Waals surface area contributed by atoms with Crippen molar-refractivity contribution in [3.05, 3.63) is 0 Å². The number of hydrogen-bond acceptors (Lipinski definition) is 8. The Kier molecular flexibility index (Phi) is 19.5. The third kappa shape index (κ3) is 11.9. The quantitative estimate of drug-likeness (QED) is 0.352. The molecule has 0 aromatic carbocycles. The maximum Gasteiger partial charge on any atom is 0.323 e. The van der Waals surface area contributed by atoms with Crippen molar-refractivity contribution in [3.8, 4) is 0 Å². The van der Waals surface area contributed by atoms with Crippen LogP contribution in [0.5, 0.6) is 0 Å². The minimum Gasteiger partial charge on any atom is -0.465 e. The average Bonchev–Trinajstić information content (AvgIpc) is 2.34. The Bertz CT molecular complexity index is 250. The van der Waals surface area contributed by atoms with E-state index in [4.69, 9.17) is 20.9 Å². The minimum absolute atomic E-state index is 0. The predicted octanol–water partition coefficient (Wildman–Crippen LogP) is 0.992. The molecule has 0 amide bonds. The van der Waals surface area contributed by atoms with Crippen LogP contribution in [0.2, 0.25) is 0 Å². The van der Waals surface area contributed by atoms with Crippen molar-refractivity contribution < 1.29 is 19.1 Å². The summed E-state index contributed by atoms with van der Waals surface area (Å²) in [5.41, 5.74) is 11.2. The third-order valence-corrected chi connectivity index (χ3v) is 4.23. The number of halogens is 2. The normalized spacial score (nSPS) is 12.4. The molecule has 0 aliphatic rings. The summed E-state index contributed by atoms with van der Waals surface area (Å²) in [5.74, 6) is -0.00135. The molecule has 0 aromatic rings. The highest BCUT2D eigenvalue weighted by Gasteiger charge is 2.17. The highest BCUT2D eigenvalue weighted by molar-refractivity contribution is 8.76. The number of carbonyl (C=O) groups is 2. The number of ether oxygens (including phenoxy) is 2.